The van der Waals surface area contributed by atoms with Gasteiger partial charge in [-0.2, -0.15) is 0 Å². The van der Waals surface area contributed by atoms with E-state index in [1.165, 1.54) is 6.07 Å². The molecule has 2 nitrogen and oxygen atoms in total. The zero-order chi connectivity index (χ0) is 9.14. The van der Waals surface area contributed by atoms with Gasteiger partial charge in [0.15, 0.2) is 6.29 Å². The topological polar surface area (TPSA) is 34.1 Å². The molecule has 0 saturated carbocycles. The molecule has 0 amide bonds. The van der Waals surface area contributed by atoms with Crippen molar-refractivity contribution in [3.05, 3.63) is 34.3 Å². The summed E-state index contributed by atoms with van der Waals surface area (Å²) in [5.74, 6) is -0.580. The summed E-state index contributed by atoms with van der Waals surface area (Å²) in [7, 11) is 0. The Morgan fingerprint density at radius 1 is 1.50 bits per heavy atom. The van der Waals surface area contributed by atoms with Crippen LogP contribution in [0.5, 0.6) is 0 Å². The Balaban J connectivity index is 3.25. The van der Waals surface area contributed by atoms with Crippen LogP contribution in [-0.2, 0) is 4.79 Å². The van der Waals surface area contributed by atoms with E-state index in [2.05, 4.69) is 0 Å². The molecule has 12 heavy (non-hydrogen) atoms. The van der Waals surface area contributed by atoms with Gasteiger partial charge >= 0.3 is 0 Å². The van der Waals surface area contributed by atoms with Crippen LogP contribution in [0, 0.1) is 6.92 Å². The molecule has 1 rings (SSSR count). The van der Waals surface area contributed by atoms with Crippen LogP contribution in [-0.4, -0.2) is 12.1 Å². The van der Waals surface area contributed by atoms with Gasteiger partial charge in [0.1, 0.15) is 0 Å². The fraction of sp³-hybridized carbons (Fsp3) is 0.111. The van der Waals surface area contributed by atoms with E-state index in [1.807, 2.05) is 0 Å². The first-order valence-electron chi connectivity index (χ1n) is 3.41. The largest absolute Gasteiger partial charge is 0.294 e. The molecule has 3 heteroatoms. The monoisotopic (exact) mass is 182 g/mol. The SMILES string of the molecule is Cc1cccc(C(=O)C=O)c1Cl. The average molecular weight is 183 g/mol. The molecule has 0 aliphatic heterocycles. The molecule has 1 aromatic carbocycles. The Kier molecular flexibility index (Phi) is 2.61. The van der Waals surface area contributed by atoms with Gasteiger partial charge in [0.25, 0.3) is 0 Å². The van der Waals surface area contributed by atoms with Gasteiger partial charge in [-0.15, -0.1) is 0 Å². The van der Waals surface area contributed by atoms with Crippen LogP contribution in [0.3, 0.4) is 0 Å². The lowest BCUT2D eigenvalue weighted by Crippen LogP contribution is -2.01. The molecule has 62 valence electrons. The molecule has 0 atom stereocenters. The van der Waals surface area contributed by atoms with E-state index in [1.54, 1.807) is 19.1 Å². The summed E-state index contributed by atoms with van der Waals surface area (Å²) >= 11 is 5.79. The van der Waals surface area contributed by atoms with Crippen LogP contribution in [0.15, 0.2) is 18.2 Å². The molecule has 0 aliphatic carbocycles. The van der Waals surface area contributed by atoms with Crippen LogP contribution in [0.25, 0.3) is 0 Å². The fourth-order valence-corrected chi connectivity index (χ4v) is 1.12. The number of aryl methyl sites for hydroxylation is 1. The minimum atomic E-state index is -0.580. The quantitative estimate of drug-likeness (QED) is 0.399. The number of hydrogen-bond acceptors (Lipinski definition) is 2. The van der Waals surface area contributed by atoms with Gasteiger partial charge < -0.3 is 0 Å². The van der Waals surface area contributed by atoms with E-state index in [-0.39, 0.29) is 11.8 Å². The first-order valence-corrected chi connectivity index (χ1v) is 3.79. The van der Waals surface area contributed by atoms with Gasteiger partial charge in [0.05, 0.1) is 5.02 Å². The van der Waals surface area contributed by atoms with Crippen LogP contribution >= 0.6 is 11.6 Å². The molecule has 0 aromatic heterocycles. The average Bonchev–Trinajstić information content (AvgIpc) is 2.08. The number of hydrogen-bond donors (Lipinski definition) is 0. The normalized spacial score (nSPS) is 9.50. The number of Topliss-reactive ketones (excluding diaryl/α,β-unsaturated/α-hetero) is 1. The number of aldehydes is 1. The molecule has 0 aliphatic rings. The predicted molar refractivity (Wildman–Crippen MR) is 46.6 cm³/mol. The third-order valence-corrected chi connectivity index (χ3v) is 2.07. The molecule has 0 fully saturated rings. The van der Waals surface area contributed by atoms with Crippen LogP contribution in [0.4, 0.5) is 0 Å². The van der Waals surface area contributed by atoms with Gasteiger partial charge in [-0.25, -0.2) is 0 Å². The Morgan fingerprint density at radius 2 is 2.17 bits per heavy atom. The maximum absolute atomic E-state index is 10.9. The molecule has 0 spiro atoms. The van der Waals surface area contributed by atoms with E-state index in [0.717, 1.165) is 5.56 Å². The number of ketones is 1. The number of benzene rings is 1. The summed E-state index contributed by atoms with van der Waals surface area (Å²) in [4.78, 5) is 21.1. The molecular formula is C9H7ClO2. The maximum atomic E-state index is 10.9. The standard InChI is InChI=1S/C9H7ClO2/c1-6-3-2-4-7(9(6)10)8(12)5-11/h2-5H,1H3. The van der Waals surface area contributed by atoms with Crippen molar-refractivity contribution in [3.8, 4) is 0 Å². The van der Waals surface area contributed by atoms with E-state index >= 15 is 0 Å². The van der Waals surface area contributed by atoms with E-state index in [4.69, 9.17) is 11.6 Å². The lowest BCUT2D eigenvalue weighted by molar-refractivity contribution is -0.104. The Bertz CT molecular complexity index is 331. The molecule has 0 radical (unpaired) electrons. The van der Waals surface area contributed by atoms with Crippen molar-refractivity contribution in [1.29, 1.82) is 0 Å². The van der Waals surface area contributed by atoms with Crippen molar-refractivity contribution in [1.82, 2.24) is 0 Å². The van der Waals surface area contributed by atoms with Crippen molar-refractivity contribution in [2.24, 2.45) is 0 Å². The van der Waals surface area contributed by atoms with Crippen molar-refractivity contribution < 1.29 is 9.59 Å². The molecule has 0 N–H and O–H groups in total. The van der Waals surface area contributed by atoms with Crippen molar-refractivity contribution in [3.63, 3.8) is 0 Å². The lowest BCUT2D eigenvalue weighted by Gasteiger charge is -2.00. The summed E-state index contributed by atoms with van der Waals surface area (Å²) in [6, 6.07) is 5.01. The molecular weight excluding hydrogens is 176 g/mol. The third kappa shape index (κ3) is 1.53. The van der Waals surface area contributed by atoms with Crippen LogP contribution in [0.1, 0.15) is 15.9 Å². The summed E-state index contributed by atoms with van der Waals surface area (Å²) in [5.41, 5.74) is 1.07. The zero-order valence-electron chi connectivity index (χ0n) is 6.50. The van der Waals surface area contributed by atoms with Crippen molar-refractivity contribution in [2.45, 2.75) is 6.92 Å². The Hall–Kier alpha value is -1.15. The number of carbonyl (C=O) groups is 2. The number of halogens is 1. The summed E-state index contributed by atoms with van der Waals surface area (Å²) in [5, 5.41) is 0.356. The first kappa shape index (κ1) is 8.94. The second-order valence-electron chi connectivity index (χ2n) is 2.42. The summed E-state index contributed by atoms with van der Waals surface area (Å²) in [6.07, 6.45) is 0.265. The highest BCUT2D eigenvalue weighted by atomic mass is 35.5. The molecule has 0 bridgehead atoms. The molecule has 0 saturated heterocycles. The van der Waals surface area contributed by atoms with Gasteiger partial charge in [-0.3, -0.25) is 9.59 Å². The predicted octanol–water partition coefficient (Wildman–Crippen LogP) is 2.03. The van der Waals surface area contributed by atoms with Crippen molar-refractivity contribution in [2.75, 3.05) is 0 Å². The van der Waals surface area contributed by atoms with Gasteiger partial charge in [0, 0.05) is 5.56 Å². The van der Waals surface area contributed by atoms with Gasteiger partial charge in [-0.1, -0.05) is 23.7 Å². The lowest BCUT2D eigenvalue weighted by atomic mass is 10.1. The maximum Gasteiger partial charge on any atom is 0.226 e. The fourth-order valence-electron chi connectivity index (χ4n) is 0.901. The summed E-state index contributed by atoms with van der Waals surface area (Å²) < 4.78 is 0. The van der Waals surface area contributed by atoms with Crippen LogP contribution in [0.2, 0.25) is 5.02 Å². The van der Waals surface area contributed by atoms with Crippen LogP contribution < -0.4 is 0 Å². The first-order chi connectivity index (χ1) is 5.66. The Morgan fingerprint density at radius 3 is 2.75 bits per heavy atom. The zero-order valence-corrected chi connectivity index (χ0v) is 7.26. The van der Waals surface area contributed by atoms with E-state index in [0.29, 0.717) is 5.02 Å². The van der Waals surface area contributed by atoms with Gasteiger partial charge in [0.2, 0.25) is 5.78 Å². The second-order valence-corrected chi connectivity index (χ2v) is 2.80. The molecule has 0 heterocycles. The Labute approximate surface area is 75.2 Å². The minimum absolute atomic E-state index is 0.265. The third-order valence-electron chi connectivity index (χ3n) is 1.56. The highest BCUT2D eigenvalue weighted by Crippen LogP contribution is 2.19. The number of carbonyl (C=O) groups excluding carboxylic acids is 2. The van der Waals surface area contributed by atoms with Gasteiger partial charge in [-0.05, 0) is 18.6 Å². The number of rotatable bonds is 2. The minimum Gasteiger partial charge on any atom is -0.294 e. The highest BCUT2D eigenvalue weighted by Gasteiger charge is 2.09. The molecule has 1 aromatic rings. The smallest absolute Gasteiger partial charge is 0.226 e. The summed E-state index contributed by atoms with van der Waals surface area (Å²) in [6.45, 7) is 1.78. The highest BCUT2D eigenvalue weighted by molar-refractivity contribution is 6.41. The second kappa shape index (κ2) is 3.50. The molecule has 0 unspecified atom stereocenters. The van der Waals surface area contributed by atoms with E-state index < -0.39 is 5.78 Å². The van der Waals surface area contributed by atoms with Crippen molar-refractivity contribution >= 4 is 23.7 Å². The van der Waals surface area contributed by atoms with E-state index in [9.17, 15) is 9.59 Å².